The standard InChI is InChI=1S/C63H39NO/c1-2-17-44-40(15-1)16-11-23-46(44)49-26-13-24-47-45(22-12-25-48(47)49)41-33-35-42(36-34-41)64(60-31-14-27-55-54-21-6-10-32-61(54)65-62(55)60)43-37-38-53-52-20-5-9-30-58(52)63(59(53)39-43)56-28-7-3-18-50(56)51-19-4-8-29-57(51)63/h1-39H. The summed E-state index contributed by atoms with van der Waals surface area (Å²) in [5.74, 6) is 0. The molecule has 0 saturated carbocycles. The quantitative estimate of drug-likeness (QED) is 0.172. The predicted octanol–water partition coefficient (Wildman–Crippen LogP) is 17.0. The molecule has 302 valence electrons. The van der Waals surface area contributed by atoms with E-state index in [0.29, 0.717) is 0 Å². The summed E-state index contributed by atoms with van der Waals surface area (Å²) in [6, 6.07) is 87.0. The minimum Gasteiger partial charge on any atom is -0.454 e. The van der Waals surface area contributed by atoms with Gasteiger partial charge in [-0.2, -0.15) is 0 Å². The maximum atomic E-state index is 6.81. The SMILES string of the molecule is c1ccc2c(c1)-c1ccccc1C21c2ccccc2-c2ccc(N(c3ccc(-c4cccc5c(-c6cccc7ccccc67)cccc45)cc3)c3cccc4c3oc3ccccc34)cc21. The van der Waals surface area contributed by atoms with Crippen molar-refractivity contribution in [3.63, 3.8) is 0 Å². The van der Waals surface area contributed by atoms with E-state index in [1.165, 1.54) is 88.3 Å². The molecule has 0 amide bonds. The Morgan fingerprint density at radius 2 is 0.785 bits per heavy atom. The smallest absolute Gasteiger partial charge is 0.159 e. The number of nitrogens with zero attached hydrogens (tertiary/aromatic N) is 1. The molecular weight excluding hydrogens is 787 g/mol. The fraction of sp³-hybridized carbons (Fsp3) is 0.0159. The third kappa shape index (κ3) is 5.05. The van der Waals surface area contributed by atoms with Gasteiger partial charge < -0.3 is 9.32 Å². The second-order valence-electron chi connectivity index (χ2n) is 17.5. The van der Waals surface area contributed by atoms with Crippen LogP contribution in [-0.4, -0.2) is 0 Å². The maximum Gasteiger partial charge on any atom is 0.159 e. The molecule has 11 aromatic carbocycles. The third-order valence-electron chi connectivity index (χ3n) is 14.3. The zero-order chi connectivity index (χ0) is 42.6. The van der Waals surface area contributed by atoms with Gasteiger partial charge in [0.25, 0.3) is 0 Å². The molecule has 0 unspecified atom stereocenters. The van der Waals surface area contributed by atoms with E-state index in [9.17, 15) is 0 Å². The van der Waals surface area contributed by atoms with Crippen molar-refractivity contribution in [3.8, 4) is 44.5 Å². The van der Waals surface area contributed by atoms with Gasteiger partial charge in [0, 0.05) is 22.1 Å². The largest absolute Gasteiger partial charge is 0.454 e. The summed E-state index contributed by atoms with van der Waals surface area (Å²) >= 11 is 0. The minimum atomic E-state index is -0.463. The summed E-state index contributed by atoms with van der Waals surface area (Å²) in [4.78, 5) is 2.40. The number of hydrogen-bond acceptors (Lipinski definition) is 2. The molecule has 65 heavy (non-hydrogen) atoms. The topological polar surface area (TPSA) is 16.4 Å². The number of rotatable bonds is 5. The van der Waals surface area contributed by atoms with Crippen molar-refractivity contribution in [3.05, 3.63) is 259 Å². The Bertz CT molecular complexity index is 3840. The number of para-hydroxylation sites is 2. The lowest BCUT2D eigenvalue weighted by Crippen LogP contribution is -2.26. The Kier molecular flexibility index (Phi) is 7.64. The molecule has 0 fully saturated rings. The van der Waals surface area contributed by atoms with Crippen LogP contribution in [0.15, 0.2) is 241 Å². The molecule has 0 bridgehead atoms. The highest BCUT2D eigenvalue weighted by atomic mass is 16.3. The summed E-state index contributed by atoms with van der Waals surface area (Å²) in [5.41, 5.74) is 19.7. The van der Waals surface area contributed by atoms with Gasteiger partial charge in [-0.25, -0.2) is 0 Å². The molecular formula is C63H39NO. The summed E-state index contributed by atoms with van der Waals surface area (Å²) in [5, 5.41) is 7.20. The minimum absolute atomic E-state index is 0.463. The fourth-order valence-electron chi connectivity index (χ4n) is 11.6. The predicted molar refractivity (Wildman–Crippen MR) is 271 cm³/mol. The van der Waals surface area contributed by atoms with Crippen molar-refractivity contribution in [2.24, 2.45) is 0 Å². The van der Waals surface area contributed by atoms with Crippen LogP contribution in [0.3, 0.4) is 0 Å². The van der Waals surface area contributed by atoms with Gasteiger partial charge in [-0.05, 0) is 125 Å². The molecule has 1 aromatic heterocycles. The number of anilines is 3. The number of benzene rings is 11. The van der Waals surface area contributed by atoms with Gasteiger partial charge in [0.1, 0.15) is 5.58 Å². The zero-order valence-electron chi connectivity index (χ0n) is 35.4. The third-order valence-corrected chi connectivity index (χ3v) is 14.3. The van der Waals surface area contributed by atoms with Gasteiger partial charge in [0.2, 0.25) is 0 Å². The molecule has 0 saturated heterocycles. The van der Waals surface area contributed by atoms with Gasteiger partial charge in [0.15, 0.2) is 5.58 Å². The van der Waals surface area contributed by atoms with E-state index < -0.39 is 5.41 Å². The van der Waals surface area contributed by atoms with Crippen LogP contribution in [0, 0.1) is 0 Å². The van der Waals surface area contributed by atoms with Crippen molar-refractivity contribution in [1.29, 1.82) is 0 Å². The van der Waals surface area contributed by atoms with Crippen molar-refractivity contribution >= 4 is 60.5 Å². The van der Waals surface area contributed by atoms with Crippen molar-refractivity contribution in [2.75, 3.05) is 4.90 Å². The van der Waals surface area contributed by atoms with Crippen LogP contribution in [0.25, 0.3) is 88.0 Å². The number of hydrogen-bond donors (Lipinski definition) is 0. The Labute approximate surface area is 376 Å². The van der Waals surface area contributed by atoms with Gasteiger partial charge in [-0.3, -0.25) is 0 Å². The molecule has 0 atom stereocenters. The highest BCUT2D eigenvalue weighted by Gasteiger charge is 2.51. The lowest BCUT2D eigenvalue weighted by molar-refractivity contribution is 0.669. The Balaban J connectivity index is 0.970. The van der Waals surface area contributed by atoms with Crippen LogP contribution < -0.4 is 4.90 Å². The van der Waals surface area contributed by atoms with E-state index in [1.54, 1.807) is 0 Å². The van der Waals surface area contributed by atoms with Gasteiger partial charge >= 0.3 is 0 Å². The first-order valence-electron chi connectivity index (χ1n) is 22.5. The van der Waals surface area contributed by atoms with Crippen LogP contribution in [-0.2, 0) is 5.41 Å². The number of fused-ring (bicyclic) bond motifs is 15. The Morgan fingerprint density at radius 3 is 1.51 bits per heavy atom. The molecule has 2 heteroatoms. The van der Waals surface area contributed by atoms with Crippen LogP contribution in [0.1, 0.15) is 22.3 Å². The van der Waals surface area contributed by atoms with Crippen molar-refractivity contribution in [1.82, 2.24) is 0 Å². The van der Waals surface area contributed by atoms with Crippen LogP contribution in [0.5, 0.6) is 0 Å². The molecule has 2 aliphatic rings. The molecule has 1 heterocycles. The van der Waals surface area contributed by atoms with Crippen molar-refractivity contribution < 1.29 is 4.42 Å². The zero-order valence-corrected chi connectivity index (χ0v) is 35.4. The molecule has 0 radical (unpaired) electrons. The average molecular weight is 826 g/mol. The van der Waals surface area contributed by atoms with Gasteiger partial charge in [-0.15, -0.1) is 0 Å². The molecule has 0 aliphatic heterocycles. The monoisotopic (exact) mass is 825 g/mol. The second-order valence-corrected chi connectivity index (χ2v) is 17.5. The average Bonchev–Trinajstić information content (AvgIpc) is 4.01. The maximum absolute atomic E-state index is 6.81. The van der Waals surface area contributed by atoms with E-state index in [0.717, 1.165) is 39.0 Å². The molecule has 2 aliphatic carbocycles. The summed E-state index contributed by atoms with van der Waals surface area (Å²) in [6.45, 7) is 0. The fourth-order valence-corrected chi connectivity index (χ4v) is 11.6. The van der Waals surface area contributed by atoms with Gasteiger partial charge in [0.05, 0.1) is 11.1 Å². The van der Waals surface area contributed by atoms with E-state index in [2.05, 4.69) is 235 Å². The highest BCUT2D eigenvalue weighted by Crippen LogP contribution is 2.63. The Morgan fingerprint density at radius 1 is 0.308 bits per heavy atom. The lowest BCUT2D eigenvalue weighted by atomic mass is 9.70. The van der Waals surface area contributed by atoms with E-state index >= 15 is 0 Å². The summed E-state index contributed by atoms with van der Waals surface area (Å²) in [6.07, 6.45) is 0. The molecule has 14 rings (SSSR count). The van der Waals surface area contributed by atoms with Crippen LogP contribution in [0.2, 0.25) is 0 Å². The second kappa shape index (κ2) is 13.8. The normalized spacial score (nSPS) is 13.0. The van der Waals surface area contributed by atoms with E-state index in [1.807, 2.05) is 6.07 Å². The van der Waals surface area contributed by atoms with E-state index in [4.69, 9.17) is 4.42 Å². The summed E-state index contributed by atoms with van der Waals surface area (Å²) < 4.78 is 6.81. The molecule has 12 aromatic rings. The highest BCUT2D eigenvalue weighted by molar-refractivity contribution is 6.11. The first kappa shape index (κ1) is 36.1. The Hall–Kier alpha value is -8.46. The molecule has 2 nitrogen and oxygen atoms in total. The van der Waals surface area contributed by atoms with Crippen LogP contribution >= 0.6 is 0 Å². The van der Waals surface area contributed by atoms with Crippen molar-refractivity contribution in [2.45, 2.75) is 5.41 Å². The lowest BCUT2D eigenvalue weighted by Gasteiger charge is -2.32. The first-order valence-corrected chi connectivity index (χ1v) is 22.5. The number of furan rings is 1. The van der Waals surface area contributed by atoms with E-state index in [-0.39, 0.29) is 0 Å². The van der Waals surface area contributed by atoms with Gasteiger partial charge in [-0.1, -0.05) is 200 Å². The van der Waals surface area contributed by atoms with Crippen LogP contribution in [0.4, 0.5) is 17.1 Å². The first-order chi connectivity index (χ1) is 32.3. The molecule has 1 spiro atoms. The summed E-state index contributed by atoms with van der Waals surface area (Å²) in [7, 11) is 0. The molecule has 0 N–H and O–H groups in total.